The molecule has 0 aliphatic carbocycles. The maximum Gasteiger partial charge on any atom is 0.308 e. The van der Waals surface area contributed by atoms with E-state index in [2.05, 4.69) is 5.32 Å². The minimum atomic E-state index is -0.972. The monoisotopic (exact) mass is 472 g/mol. The van der Waals surface area contributed by atoms with Crippen LogP contribution in [0.1, 0.15) is 72.8 Å². The van der Waals surface area contributed by atoms with E-state index in [1.54, 1.807) is 11.2 Å². The van der Waals surface area contributed by atoms with Crippen molar-refractivity contribution in [3.05, 3.63) is 36.1 Å². The van der Waals surface area contributed by atoms with Gasteiger partial charge < -0.3 is 19.4 Å². The molecule has 0 aliphatic rings. The van der Waals surface area contributed by atoms with Gasteiger partial charge in [0.05, 0.1) is 19.3 Å². The summed E-state index contributed by atoms with van der Waals surface area (Å²) in [5.41, 5.74) is 1.50. The van der Waals surface area contributed by atoms with Gasteiger partial charge in [-0.05, 0) is 41.5 Å². The van der Waals surface area contributed by atoms with Gasteiger partial charge in [0.15, 0.2) is 0 Å². The zero-order chi connectivity index (χ0) is 25.3. The number of esters is 1. The molecule has 1 atom stereocenters. The summed E-state index contributed by atoms with van der Waals surface area (Å²) in [4.78, 5) is 40.5. The molecule has 34 heavy (non-hydrogen) atoms. The van der Waals surface area contributed by atoms with E-state index in [0.29, 0.717) is 19.7 Å². The number of fused-ring (bicyclic) bond motifs is 1. The van der Waals surface area contributed by atoms with Crippen molar-refractivity contribution in [3.63, 3.8) is 0 Å². The quantitative estimate of drug-likeness (QED) is 0.344. The zero-order valence-corrected chi connectivity index (χ0v) is 21.5. The third kappa shape index (κ3) is 9.20. The van der Waals surface area contributed by atoms with Crippen LogP contribution in [0.25, 0.3) is 11.0 Å². The Balaban J connectivity index is 2.23. The number of furan rings is 1. The normalized spacial score (nSPS) is 12.6. The predicted octanol–water partition coefficient (Wildman–Crippen LogP) is 5.07. The van der Waals surface area contributed by atoms with Crippen LogP contribution in [0.3, 0.4) is 0 Å². The summed E-state index contributed by atoms with van der Waals surface area (Å²) >= 11 is 0. The lowest BCUT2D eigenvalue weighted by Crippen LogP contribution is -2.50. The first kappa shape index (κ1) is 27.4. The van der Waals surface area contributed by atoms with Crippen LogP contribution in [0.2, 0.25) is 0 Å². The Morgan fingerprint density at radius 1 is 1.15 bits per heavy atom. The van der Waals surface area contributed by atoms with Gasteiger partial charge in [0.2, 0.25) is 11.8 Å². The highest BCUT2D eigenvalue weighted by Crippen LogP contribution is 2.20. The van der Waals surface area contributed by atoms with E-state index in [4.69, 9.17) is 9.15 Å². The smallest absolute Gasteiger partial charge is 0.308 e. The number of rotatable bonds is 12. The van der Waals surface area contributed by atoms with Gasteiger partial charge in [-0.25, -0.2) is 0 Å². The van der Waals surface area contributed by atoms with Crippen LogP contribution in [0.15, 0.2) is 34.9 Å². The molecule has 2 amide bonds. The fourth-order valence-corrected chi connectivity index (χ4v) is 3.71. The molecular weight excluding hydrogens is 432 g/mol. The second-order valence-corrected chi connectivity index (χ2v) is 10.5. The van der Waals surface area contributed by atoms with Crippen LogP contribution in [0.4, 0.5) is 0 Å². The van der Waals surface area contributed by atoms with E-state index < -0.39 is 12.0 Å². The molecule has 0 saturated heterocycles. The van der Waals surface area contributed by atoms with Gasteiger partial charge in [-0.3, -0.25) is 14.4 Å². The number of unbranched alkanes of at least 4 members (excludes halogenated alkanes) is 1. The molecule has 7 nitrogen and oxygen atoms in total. The molecule has 1 N–H and O–H groups in total. The number of carbonyl (C=O) groups excluding carboxylic acids is 3. The van der Waals surface area contributed by atoms with Crippen molar-refractivity contribution < 1.29 is 23.5 Å². The SMILES string of the molecule is CCCCOC(=O)C[C@H](NC(=O)CC(C)(C)C)C(=O)N(Cc1ccc2occc2c1)CC(C)C. The van der Waals surface area contributed by atoms with Crippen molar-refractivity contribution in [1.29, 1.82) is 0 Å². The van der Waals surface area contributed by atoms with E-state index in [-0.39, 0.29) is 36.0 Å². The van der Waals surface area contributed by atoms with Crippen molar-refractivity contribution in [2.24, 2.45) is 11.3 Å². The first-order chi connectivity index (χ1) is 16.0. The fraction of sp³-hybridized carbons (Fsp3) is 0.593. The Kier molecular flexibility index (Phi) is 10.1. The van der Waals surface area contributed by atoms with E-state index >= 15 is 0 Å². The number of nitrogens with zero attached hydrogens (tertiary/aromatic N) is 1. The van der Waals surface area contributed by atoms with E-state index in [1.807, 2.05) is 65.8 Å². The van der Waals surface area contributed by atoms with Gasteiger partial charge in [-0.15, -0.1) is 0 Å². The van der Waals surface area contributed by atoms with Crippen LogP contribution < -0.4 is 5.32 Å². The van der Waals surface area contributed by atoms with E-state index in [9.17, 15) is 14.4 Å². The van der Waals surface area contributed by atoms with Gasteiger partial charge in [-0.2, -0.15) is 0 Å². The van der Waals surface area contributed by atoms with Gasteiger partial charge in [0, 0.05) is 24.9 Å². The minimum absolute atomic E-state index is 0.187. The molecule has 7 heteroatoms. The molecule has 0 radical (unpaired) electrons. The summed E-state index contributed by atoms with van der Waals surface area (Å²) in [5.74, 6) is -0.802. The van der Waals surface area contributed by atoms with E-state index in [1.165, 1.54) is 0 Å². The summed E-state index contributed by atoms with van der Waals surface area (Å²) in [6.45, 7) is 13.1. The topological polar surface area (TPSA) is 88.8 Å². The molecule has 0 aliphatic heterocycles. The number of carbonyl (C=O) groups is 3. The lowest BCUT2D eigenvalue weighted by atomic mass is 9.91. The number of hydrogen-bond acceptors (Lipinski definition) is 5. The van der Waals surface area contributed by atoms with Crippen molar-refractivity contribution in [1.82, 2.24) is 10.2 Å². The third-order valence-corrected chi connectivity index (χ3v) is 5.24. The van der Waals surface area contributed by atoms with Crippen LogP contribution in [0, 0.1) is 11.3 Å². The molecular formula is C27H40N2O5. The number of hydrogen-bond donors (Lipinski definition) is 1. The average molecular weight is 473 g/mol. The van der Waals surface area contributed by atoms with Crippen molar-refractivity contribution in [2.45, 2.75) is 79.8 Å². The lowest BCUT2D eigenvalue weighted by Gasteiger charge is -2.30. The third-order valence-electron chi connectivity index (χ3n) is 5.24. The largest absolute Gasteiger partial charge is 0.466 e. The first-order valence-electron chi connectivity index (χ1n) is 12.2. The van der Waals surface area contributed by atoms with Gasteiger partial charge in [0.1, 0.15) is 11.6 Å². The molecule has 1 aromatic carbocycles. The van der Waals surface area contributed by atoms with Gasteiger partial charge >= 0.3 is 5.97 Å². The van der Waals surface area contributed by atoms with Crippen molar-refractivity contribution in [3.8, 4) is 0 Å². The highest BCUT2D eigenvalue weighted by Gasteiger charge is 2.30. The van der Waals surface area contributed by atoms with Crippen LogP contribution >= 0.6 is 0 Å². The summed E-state index contributed by atoms with van der Waals surface area (Å²) in [6, 6.07) is 6.72. The molecule has 0 fully saturated rings. The maximum atomic E-state index is 13.6. The molecule has 1 heterocycles. The van der Waals surface area contributed by atoms with Crippen molar-refractivity contribution >= 4 is 28.8 Å². The van der Waals surface area contributed by atoms with E-state index in [0.717, 1.165) is 29.4 Å². The molecule has 0 spiro atoms. The number of amides is 2. The number of ether oxygens (including phenoxy) is 1. The maximum absolute atomic E-state index is 13.6. The molecule has 0 bridgehead atoms. The van der Waals surface area contributed by atoms with Crippen LogP contribution in [-0.4, -0.2) is 41.9 Å². The molecule has 0 unspecified atom stereocenters. The molecule has 2 aromatic rings. The Bertz CT molecular complexity index is 957. The Morgan fingerprint density at radius 2 is 1.88 bits per heavy atom. The summed E-state index contributed by atoms with van der Waals surface area (Å²) < 4.78 is 10.7. The van der Waals surface area contributed by atoms with Crippen LogP contribution in [-0.2, 0) is 25.7 Å². The summed E-state index contributed by atoms with van der Waals surface area (Å²) in [6.07, 6.45) is 3.37. The number of benzene rings is 1. The van der Waals surface area contributed by atoms with Crippen molar-refractivity contribution in [2.75, 3.05) is 13.2 Å². The molecule has 0 saturated carbocycles. The second-order valence-electron chi connectivity index (χ2n) is 10.5. The fourth-order valence-electron chi connectivity index (χ4n) is 3.71. The van der Waals surface area contributed by atoms with Gasteiger partial charge in [-0.1, -0.05) is 54.0 Å². The Labute approximate surface area is 203 Å². The Morgan fingerprint density at radius 3 is 2.53 bits per heavy atom. The molecule has 2 rings (SSSR count). The summed E-state index contributed by atoms with van der Waals surface area (Å²) in [7, 11) is 0. The highest BCUT2D eigenvalue weighted by atomic mass is 16.5. The average Bonchev–Trinajstić information content (AvgIpc) is 3.18. The van der Waals surface area contributed by atoms with Crippen LogP contribution in [0.5, 0.6) is 0 Å². The molecule has 188 valence electrons. The summed E-state index contributed by atoms with van der Waals surface area (Å²) in [5, 5.41) is 3.78. The highest BCUT2D eigenvalue weighted by molar-refractivity contribution is 5.91. The first-order valence-corrected chi connectivity index (χ1v) is 12.2. The zero-order valence-electron chi connectivity index (χ0n) is 21.5. The second kappa shape index (κ2) is 12.6. The predicted molar refractivity (Wildman–Crippen MR) is 133 cm³/mol. The minimum Gasteiger partial charge on any atom is -0.466 e. The molecule has 1 aromatic heterocycles. The number of nitrogens with one attached hydrogen (secondary N) is 1. The van der Waals surface area contributed by atoms with Gasteiger partial charge in [0.25, 0.3) is 0 Å². The Hall–Kier alpha value is -2.83. The lowest BCUT2D eigenvalue weighted by molar-refractivity contribution is -0.148. The standard InChI is InChI=1S/C27H40N2O5/c1-7-8-12-34-25(31)15-22(28-24(30)16-27(4,5)6)26(32)29(17-19(2)3)18-20-9-10-23-21(14-20)11-13-33-23/h9-11,13-14,19,22H,7-8,12,15-18H2,1-6H3,(H,28,30)/t22-/m0/s1.